The summed E-state index contributed by atoms with van der Waals surface area (Å²) >= 11 is 6.33. The molecule has 5 atom stereocenters. The molecule has 0 bridgehead atoms. The van der Waals surface area contributed by atoms with Crippen LogP contribution in [-0.2, 0) is 10.5 Å². The van der Waals surface area contributed by atoms with E-state index in [1.54, 1.807) is 65.2 Å². The van der Waals surface area contributed by atoms with Gasteiger partial charge in [0.15, 0.2) is 5.78 Å². The van der Waals surface area contributed by atoms with Gasteiger partial charge in [0, 0.05) is 33.8 Å². The van der Waals surface area contributed by atoms with Gasteiger partial charge in [-0.1, -0.05) is 29.8 Å². The van der Waals surface area contributed by atoms with Crippen molar-refractivity contribution in [1.29, 1.82) is 0 Å². The maximum absolute atomic E-state index is 13.8. The third-order valence-corrected chi connectivity index (χ3v) is 7.42. The van der Waals surface area contributed by atoms with Gasteiger partial charge in [-0.3, -0.25) is 4.79 Å². The molecule has 11 heteroatoms. The van der Waals surface area contributed by atoms with Gasteiger partial charge in [0.1, 0.15) is 35.9 Å². The molecule has 0 spiro atoms. The number of halogens is 1. The maximum Gasteiger partial charge on any atom is 0.224 e. The Morgan fingerprint density at radius 1 is 1.00 bits per heavy atom. The lowest BCUT2D eigenvalue weighted by Gasteiger charge is -2.45. The van der Waals surface area contributed by atoms with E-state index in [-0.39, 0.29) is 22.5 Å². The molecule has 0 radical (unpaired) electrons. The van der Waals surface area contributed by atoms with E-state index in [9.17, 15) is 30.3 Å². The number of ether oxygens (including phenoxy) is 3. The summed E-state index contributed by atoms with van der Waals surface area (Å²) in [7, 11) is 2.96. The highest BCUT2D eigenvalue weighted by Crippen LogP contribution is 2.42. The smallest absolute Gasteiger partial charge is 0.224 e. The number of hydrogen-bond donors (Lipinski definition) is 5. The number of para-hydroxylation sites is 1. The summed E-state index contributed by atoms with van der Waals surface area (Å²) in [6.45, 7) is -0.723. The first-order valence-corrected chi connectivity index (χ1v) is 12.7. The van der Waals surface area contributed by atoms with Crippen LogP contribution in [0.3, 0.4) is 0 Å². The van der Waals surface area contributed by atoms with Crippen LogP contribution in [0.25, 0.3) is 16.6 Å². The lowest BCUT2D eigenvalue weighted by molar-refractivity contribution is -0.357. The van der Waals surface area contributed by atoms with Crippen molar-refractivity contribution in [3.63, 3.8) is 0 Å². The molecule has 0 unspecified atom stereocenters. The van der Waals surface area contributed by atoms with E-state index in [1.807, 2.05) is 0 Å². The van der Waals surface area contributed by atoms with Crippen LogP contribution in [-0.4, -0.2) is 81.1 Å². The van der Waals surface area contributed by atoms with E-state index in [2.05, 4.69) is 0 Å². The number of ketones is 1. The Labute approximate surface area is 234 Å². The maximum atomic E-state index is 13.8. The number of hydrogen-bond acceptors (Lipinski definition) is 9. The molecule has 4 aromatic rings. The summed E-state index contributed by atoms with van der Waals surface area (Å²) in [4.78, 5) is 13.8. The SMILES string of the molecule is COc1ccc(C(=O)c2ccccc2-n2cc([C@@]3(O)O[C@H](CO)[C@H](O)[C@H](O)[C@H]3O)c3ccc(Cl)cc32)c(OC)c1. The van der Waals surface area contributed by atoms with Crippen LogP contribution < -0.4 is 9.47 Å². The molecule has 40 heavy (non-hydrogen) atoms. The summed E-state index contributed by atoms with van der Waals surface area (Å²) in [6.07, 6.45) is -5.36. The van der Waals surface area contributed by atoms with Crippen molar-refractivity contribution >= 4 is 28.3 Å². The topological polar surface area (TPSA) is 151 Å². The average Bonchev–Trinajstić information content (AvgIpc) is 3.36. The number of benzene rings is 3. The van der Waals surface area contributed by atoms with Gasteiger partial charge in [-0.05, 0) is 36.4 Å². The number of aliphatic hydroxyl groups is 5. The molecule has 3 aromatic carbocycles. The molecule has 10 nitrogen and oxygen atoms in total. The van der Waals surface area contributed by atoms with Crippen LogP contribution in [0.1, 0.15) is 21.5 Å². The summed E-state index contributed by atoms with van der Waals surface area (Å²) in [5.41, 5.74) is 1.47. The first-order chi connectivity index (χ1) is 19.1. The van der Waals surface area contributed by atoms with Gasteiger partial charge in [0.2, 0.25) is 5.79 Å². The third kappa shape index (κ3) is 4.53. The Balaban J connectivity index is 1.70. The Bertz CT molecular complexity index is 1570. The van der Waals surface area contributed by atoms with Crippen molar-refractivity contribution in [2.75, 3.05) is 20.8 Å². The van der Waals surface area contributed by atoms with Crippen molar-refractivity contribution in [2.45, 2.75) is 30.2 Å². The van der Waals surface area contributed by atoms with Crippen LogP contribution in [0, 0.1) is 0 Å². The third-order valence-electron chi connectivity index (χ3n) is 7.18. The normalized spacial score (nSPS) is 24.7. The van der Waals surface area contributed by atoms with Gasteiger partial charge < -0.3 is 44.3 Å². The second-order valence-corrected chi connectivity index (χ2v) is 9.88. The van der Waals surface area contributed by atoms with Crippen LogP contribution >= 0.6 is 11.6 Å². The zero-order chi connectivity index (χ0) is 28.8. The van der Waals surface area contributed by atoms with Crippen LogP contribution in [0.15, 0.2) is 66.9 Å². The highest BCUT2D eigenvalue weighted by Gasteiger charge is 2.54. The quantitative estimate of drug-likeness (QED) is 0.211. The minimum atomic E-state index is -2.53. The van der Waals surface area contributed by atoms with E-state index in [1.165, 1.54) is 20.4 Å². The van der Waals surface area contributed by atoms with Crippen molar-refractivity contribution in [3.8, 4) is 17.2 Å². The molecule has 1 aliphatic heterocycles. The number of methoxy groups -OCH3 is 2. The van der Waals surface area contributed by atoms with Gasteiger partial charge in [-0.15, -0.1) is 0 Å². The fraction of sp³-hybridized carbons (Fsp3) is 0.276. The van der Waals surface area contributed by atoms with E-state index in [0.29, 0.717) is 33.1 Å². The second-order valence-electron chi connectivity index (χ2n) is 9.45. The van der Waals surface area contributed by atoms with Crippen LogP contribution in [0.4, 0.5) is 0 Å². The van der Waals surface area contributed by atoms with E-state index >= 15 is 0 Å². The summed E-state index contributed by atoms with van der Waals surface area (Å²) in [5, 5.41) is 53.6. The van der Waals surface area contributed by atoms with Gasteiger partial charge in [0.25, 0.3) is 0 Å². The molecule has 1 aliphatic rings. The lowest BCUT2D eigenvalue weighted by atomic mass is 9.88. The van der Waals surface area contributed by atoms with E-state index in [4.69, 9.17) is 25.8 Å². The van der Waals surface area contributed by atoms with Crippen molar-refractivity contribution < 1.29 is 44.5 Å². The molecule has 2 heterocycles. The Hall–Kier alpha value is -3.48. The highest BCUT2D eigenvalue weighted by molar-refractivity contribution is 6.31. The molecule has 1 aromatic heterocycles. The Kier molecular flexibility index (Phi) is 7.60. The average molecular weight is 570 g/mol. The number of fused-ring (bicyclic) bond motifs is 1. The molecule has 0 saturated carbocycles. The van der Waals surface area contributed by atoms with Gasteiger partial charge >= 0.3 is 0 Å². The number of aromatic nitrogens is 1. The molecule has 5 N–H and O–H groups in total. The molecule has 1 fully saturated rings. The molecule has 210 valence electrons. The predicted octanol–water partition coefficient (Wildman–Crippen LogP) is 2.15. The van der Waals surface area contributed by atoms with Crippen LogP contribution in [0.5, 0.6) is 11.5 Å². The summed E-state index contributed by atoms with van der Waals surface area (Å²) < 4.78 is 17.9. The fourth-order valence-corrected chi connectivity index (χ4v) is 5.23. The summed E-state index contributed by atoms with van der Waals surface area (Å²) in [6, 6.07) is 16.4. The summed E-state index contributed by atoms with van der Waals surface area (Å²) in [5.74, 6) is -2.05. The Morgan fingerprint density at radius 3 is 2.45 bits per heavy atom. The Morgan fingerprint density at radius 2 is 1.75 bits per heavy atom. The first kappa shape index (κ1) is 28.1. The minimum Gasteiger partial charge on any atom is -0.497 e. The van der Waals surface area contributed by atoms with E-state index < -0.39 is 36.8 Å². The lowest BCUT2D eigenvalue weighted by Crippen LogP contribution is -2.63. The fourth-order valence-electron chi connectivity index (χ4n) is 5.07. The first-order valence-electron chi connectivity index (χ1n) is 12.4. The van der Waals surface area contributed by atoms with Crippen molar-refractivity contribution in [3.05, 3.63) is 88.6 Å². The number of carbonyl (C=O) groups excluding carboxylic acids is 1. The zero-order valence-electron chi connectivity index (χ0n) is 21.6. The molecule has 1 saturated heterocycles. The van der Waals surface area contributed by atoms with Crippen LogP contribution in [0.2, 0.25) is 5.02 Å². The molecule has 5 rings (SSSR count). The van der Waals surface area contributed by atoms with E-state index in [0.717, 1.165) is 0 Å². The standard InChI is InChI=1S/C29H28ClNO9/c1-38-16-8-10-19(23(12-16)39-2)25(33)18-5-3-4-6-21(18)31-13-20(17-9-7-15(30)11-22(17)31)29(37)28(36)27(35)26(34)24(14-32)40-29/h3-13,24,26-28,32,34-37H,14H2,1-2H3/t24-,26+,27+,28-,29-/m1/s1. The van der Waals surface area contributed by atoms with Gasteiger partial charge in [-0.25, -0.2) is 0 Å². The zero-order valence-corrected chi connectivity index (χ0v) is 22.3. The number of carbonyl (C=O) groups is 1. The predicted molar refractivity (Wildman–Crippen MR) is 145 cm³/mol. The second kappa shape index (κ2) is 10.8. The van der Waals surface area contributed by atoms with Gasteiger partial charge in [-0.2, -0.15) is 0 Å². The van der Waals surface area contributed by atoms with Crippen molar-refractivity contribution in [2.24, 2.45) is 0 Å². The monoisotopic (exact) mass is 569 g/mol. The molecular weight excluding hydrogens is 542 g/mol. The number of nitrogens with zero attached hydrogens (tertiary/aromatic N) is 1. The van der Waals surface area contributed by atoms with Crippen molar-refractivity contribution in [1.82, 2.24) is 4.57 Å². The largest absolute Gasteiger partial charge is 0.497 e. The molecular formula is C29H28ClNO9. The highest BCUT2D eigenvalue weighted by atomic mass is 35.5. The number of aliphatic hydroxyl groups excluding tert-OH is 4. The molecule has 0 amide bonds. The minimum absolute atomic E-state index is 0.0281. The number of rotatable bonds is 7. The van der Waals surface area contributed by atoms with Gasteiger partial charge in [0.05, 0.1) is 37.6 Å². The molecule has 0 aliphatic carbocycles.